The number of amides is 2. The average Bonchev–Trinajstić information content (AvgIpc) is 3.47. The first kappa shape index (κ1) is 29.4. The minimum absolute atomic E-state index is 0.0334. The number of carboxylic acid groups (broad SMARTS) is 2. The van der Waals surface area contributed by atoms with Gasteiger partial charge in [0.2, 0.25) is 5.91 Å². The van der Waals surface area contributed by atoms with E-state index in [1.54, 1.807) is 21.9 Å². The van der Waals surface area contributed by atoms with E-state index >= 15 is 0 Å². The molecule has 2 aliphatic heterocycles. The van der Waals surface area contributed by atoms with E-state index in [0.29, 0.717) is 43.4 Å². The topological polar surface area (TPSA) is 141 Å². The molecule has 4 N–H and O–H groups in total. The van der Waals surface area contributed by atoms with Gasteiger partial charge in [-0.1, -0.05) is 18.2 Å². The molecular formula is C27H28F3N3O6. The number of aliphatic carboxylic acids is 2. The first-order chi connectivity index (χ1) is 18.5. The Labute approximate surface area is 222 Å². The Bertz CT molecular complexity index is 1240. The molecule has 208 valence electrons. The maximum Gasteiger partial charge on any atom is 0.328 e. The highest BCUT2D eigenvalue weighted by atomic mass is 19.2. The Morgan fingerprint density at radius 1 is 0.949 bits per heavy atom. The van der Waals surface area contributed by atoms with Crippen LogP contribution in [0.25, 0.3) is 0 Å². The van der Waals surface area contributed by atoms with E-state index in [1.807, 2.05) is 18.2 Å². The summed E-state index contributed by atoms with van der Waals surface area (Å²) in [7, 11) is 0. The van der Waals surface area contributed by atoms with Crippen LogP contribution in [-0.2, 0) is 20.8 Å². The van der Waals surface area contributed by atoms with Crippen LogP contribution >= 0.6 is 0 Å². The van der Waals surface area contributed by atoms with Gasteiger partial charge < -0.3 is 25.7 Å². The summed E-state index contributed by atoms with van der Waals surface area (Å²) in [6.45, 7) is 1.67. The molecule has 2 aromatic rings. The first-order valence-corrected chi connectivity index (χ1v) is 12.1. The highest BCUT2D eigenvalue weighted by molar-refractivity contribution is 5.94. The summed E-state index contributed by atoms with van der Waals surface area (Å²) in [5.41, 5.74) is 6.59. The Kier molecular flexibility index (Phi) is 9.83. The van der Waals surface area contributed by atoms with E-state index in [4.69, 9.17) is 15.9 Å². The van der Waals surface area contributed by atoms with Gasteiger partial charge in [0, 0.05) is 61.8 Å². The zero-order valence-corrected chi connectivity index (χ0v) is 20.8. The summed E-state index contributed by atoms with van der Waals surface area (Å²) >= 11 is 0. The lowest BCUT2D eigenvalue weighted by Gasteiger charge is -2.26. The van der Waals surface area contributed by atoms with Crippen molar-refractivity contribution in [1.82, 2.24) is 9.80 Å². The molecule has 1 unspecified atom stereocenters. The fourth-order valence-corrected chi connectivity index (χ4v) is 4.76. The fourth-order valence-electron chi connectivity index (χ4n) is 4.76. The summed E-state index contributed by atoms with van der Waals surface area (Å²) in [6, 6.07) is 9.51. The molecule has 0 saturated carbocycles. The second kappa shape index (κ2) is 13.1. The lowest BCUT2D eigenvalue weighted by atomic mass is 10.0. The maximum atomic E-state index is 13.9. The molecule has 2 heterocycles. The smallest absolute Gasteiger partial charge is 0.328 e. The van der Waals surface area contributed by atoms with E-state index in [-0.39, 0.29) is 42.2 Å². The summed E-state index contributed by atoms with van der Waals surface area (Å²) in [5.74, 6) is -5.80. The number of carbonyl (C=O) groups is 4. The predicted octanol–water partition coefficient (Wildman–Crippen LogP) is 2.45. The van der Waals surface area contributed by atoms with Crippen LogP contribution in [0.5, 0.6) is 0 Å². The van der Waals surface area contributed by atoms with E-state index in [2.05, 4.69) is 0 Å². The molecule has 0 aromatic heterocycles. The fraction of sp³-hybridized carbons (Fsp3) is 0.333. The second-order valence-corrected chi connectivity index (χ2v) is 9.32. The number of hydrogen-bond donors (Lipinski definition) is 3. The molecule has 3 atom stereocenters. The summed E-state index contributed by atoms with van der Waals surface area (Å²) < 4.78 is 40.4. The lowest BCUT2D eigenvalue weighted by molar-refractivity contribution is -0.134. The number of likely N-dealkylation sites (tertiary alicyclic amines) is 2. The third kappa shape index (κ3) is 7.90. The van der Waals surface area contributed by atoms with Crippen molar-refractivity contribution in [2.75, 3.05) is 19.6 Å². The molecule has 2 fully saturated rings. The monoisotopic (exact) mass is 547 g/mol. The number of nitrogens with two attached hydrogens (primary N) is 1. The normalized spacial score (nSPS) is 18.9. The molecule has 9 nitrogen and oxygen atoms in total. The number of hydrogen-bond acceptors (Lipinski definition) is 5. The van der Waals surface area contributed by atoms with Gasteiger partial charge in [0.25, 0.3) is 5.91 Å². The zero-order chi connectivity index (χ0) is 28.7. The van der Waals surface area contributed by atoms with Crippen molar-refractivity contribution < 1.29 is 42.6 Å². The van der Waals surface area contributed by atoms with Crippen LogP contribution in [0.4, 0.5) is 13.2 Å². The van der Waals surface area contributed by atoms with Gasteiger partial charge in [0.05, 0.1) is 6.04 Å². The van der Waals surface area contributed by atoms with Gasteiger partial charge in [-0.05, 0) is 36.6 Å². The highest BCUT2D eigenvalue weighted by Crippen LogP contribution is 2.33. The highest BCUT2D eigenvalue weighted by Gasteiger charge is 2.44. The quantitative estimate of drug-likeness (QED) is 0.357. The van der Waals surface area contributed by atoms with Gasteiger partial charge >= 0.3 is 11.9 Å². The molecule has 2 aromatic carbocycles. The van der Waals surface area contributed by atoms with E-state index in [9.17, 15) is 32.3 Å². The molecule has 0 spiro atoms. The Hall–Kier alpha value is -4.19. The number of fused-ring (bicyclic) bond motifs is 1. The van der Waals surface area contributed by atoms with Crippen molar-refractivity contribution >= 4 is 23.8 Å². The molecule has 39 heavy (non-hydrogen) atoms. The summed E-state index contributed by atoms with van der Waals surface area (Å²) in [6.07, 6.45) is 1.82. The van der Waals surface area contributed by atoms with E-state index < -0.39 is 35.4 Å². The molecule has 4 rings (SSSR count). The van der Waals surface area contributed by atoms with Crippen LogP contribution in [0.3, 0.4) is 0 Å². The van der Waals surface area contributed by atoms with Crippen LogP contribution in [0.15, 0.2) is 54.6 Å². The van der Waals surface area contributed by atoms with E-state index in [1.165, 1.54) is 0 Å². The molecule has 2 aliphatic rings. The van der Waals surface area contributed by atoms with Crippen molar-refractivity contribution in [3.8, 4) is 0 Å². The van der Waals surface area contributed by atoms with Gasteiger partial charge in [0.1, 0.15) is 5.82 Å². The number of halogens is 3. The third-order valence-electron chi connectivity index (χ3n) is 6.55. The predicted molar refractivity (Wildman–Crippen MR) is 133 cm³/mol. The van der Waals surface area contributed by atoms with Crippen LogP contribution in [0.1, 0.15) is 28.8 Å². The largest absolute Gasteiger partial charge is 0.478 e. The standard InChI is InChI=1S/C23H24F3N3O2.C4H4O4/c24-18-11-20(26)19(25)9-16(18)8-17(27)10-22(30)29-7-6-15-12-28(13-21(15)29)23(31)14-4-2-1-3-5-14;5-3(6)1-2-4(7)8/h1-5,9,11,15,17,21H,6-8,10,12-13,27H2;1-2H,(H,5,6)(H,7,8)/t15-,17?,21+;/m0./s1. The number of carbonyl (C=O) groups excluding carboxylic acids is 2. The van der Waals surface area contributed by atoms with Crippen LogP contribution in [-0.4, -0.2) is 75.5 Å². The third-order valence-corrected chi connectivity index (χ3v) is 6.55. The second-order valence-electron chi connectivity index (χ2n) is 9.32. The van der Waals surface area contributed by atoms with Gasteiger partial charge in [-0.3, -0.25) is 9.59 Å². The van der Waals surface area contributed by atoms with Gasteiger partial charge in [-0.15, -0.1) is 0 Å². The molecule has 0 radical (unpaired) electrons. The van der Waals surface area contributed by atoms with Gasteiger partial charge in [-0.25, -0.2) is 22.8 Å². The van der Waals surface area contributed by atoms with Crippen molar-refractivity contribution in [3.05, 3.63) is 83.2 Å². The van der Waals surface area contributed by atoms with Crippen LogP contribution in [0, 0.1) is 23.4 Å². The van der Waals surface area contributed by atoms with Crippen molar-refractivity contribution in [2.45, 2.75) is 31.3 Å². The molecule has 0 aliphatic carbocycles. The minimum atomic E-state index is -1.26. The van der Waals surface area contributed by atoms with Gasteiger partial charge in [0.15, 0.2) is 11.6 Å². The Morgan fingerprint density at radius 2 is 1.56 bits per heavy atom. The lowest BCUT2D eigenvalue weighted by Crippen LogP contribution is -2.43. The molecule has 0 bridgehead atoms. The van der Waals surface area contributed by atoms with E-state index in [0.717, 1.165) is 12.5 Å². The molecule has 12 heteroatoms. The van der Waals surface area contributed by atoms with Crippen LogP contribution < -0.4 is 5.73 Å². The first-order valence-electron chi connectivity index (χ1n) is 12.1. The number of carboxylic acids is 2. The molecule has 2 saturated heterocycles. The van der Waals surface area contributed by atoms with Crippen molar-refractivity contribution in [3.63, 3.8) is 0 Å². The number of nitrogens with zero attached hydrogens (tertiary/aromatic N) is 2. The van der Waals surface area contributed by atoms with Crippen molar-refractivity contribution in [1.29, 1.82) is 0 Å². The Morgan fingerprint density at radius 3 is 2.18 bits per heavy atom. The zero-order valence-electron chi connectivity index (χ0n) is 20.8. The summed E-state index contributed by atoms with van der Waals surface area (Å²) in [4.78, 5) is 48.2. The van der Waals surface area contributed by atoms with Gasteiger partial charge in [-0.2, -0.15) is 0 Å². The minimum Gasteiger partial charge on any atom is -0.478 e. The van der Waals surface area contributed by atoms with Crippen LogP contribution in [0.2, 0.25) is 0 Å². The average molecular weight is 548 g/mol. The number of benzene rings is 2. The molecule has 2 amide bonds. The van der Waals surface area contributed by atoms with Crippen molar-refractivity contribution in [2.24, 2.45) is 11.7 Å². The Balaban J connectivity index is 0.000000459. The SMILES string of the molecule is NC(CC(=O)N1CC[C@H]2CN(C(=O)c3ccccc3)C[C@H]21)Cc1cc(F)c(F)cc1F.O=C(O)C=CC(=O)O. The molecular weight excluding hydrogens is 519 g/mol. The number of rotatable bonds is 7. The summed E-state index contributed by atoms with van der Waals surface area (Å²) in [5, 5.41) is 15.6. The maximum absolute atomic E-state index is 13.9.